The van der Waals surface area contributed by atoms with Crippen LogP contribution in [-0.4, -0.2) is 55.2 Å². The normalized spacial score (nSPS) is 13.4. The van der Waals surface area contributed by atoms with E-state index >= 15 is 0 Å². The van der Waals surface area contributed by atoms with Crippen molar-refractivity contribution < 1.29 is 4.79 Å². The van der Waals surface area contributed by atoms with Crippen LogP contribution in [0.4, 0.5) is 5.69 Å². The number of anilines is 1. The maximum absolute atomic E-state index is 8.00. The number of aryl methyl sites for hydroxylation is 1. The highest BCUT2D eigenvalue weighted by atomic mass is 79.9. The van der Waals surface area contributed by atoms with Gasteiger partial charge in [-0.15, -0.1) is 13.2 Å². The number of carbonyl (C=O) groups is 1. The lowest BCUT2D eigenvalue weighted by atomic mass is 9.97. The monoisotopic (exact) mass is 593 g/mol. The van der Waals surface area contributed by atoms with Crippen molar-refractivity contribution in [2.75, 3.05) is 39.0 Å². The minimum absolute atomic E-state index is 0.678. The molecule has 0 bridgehead atoms. The first-order valence-electron chi connectivity index (χ1n) is 13.0. The zero-order valence-electron chi connectivity index (χ0n) is 23.9. The Morgan fingerprint density at radius 1 is 1.05 bits per heavy atom. The third-order valence-corrected chi connectivity index (χ3v) is 7.16. The smallest absolute Gasteiger partial charge is 0.128 e. The molecule has 0 saturated carbocycles. The van der Waals surface area contributed by atoms with Crippen molar-refractivity contribution in [1.29, 1.82) is 0 Å². The van der Waals surface area contributed by atoms with Crippen molar-refractivity contribution in [1.82, 2.24) is 20.0 Å². The zero-order chi connectivity index (χ0) is 29.2. The van der Waals surface area contributed by atoms with E-state index in [1.54, 1.807) is 0 Å². The summed E-state index contributed by atoms with van der Waals surface area (Å²) in [5.41, 5.74) is 5.49. The third kappa shape index (κ3) is 11.1. The zero-order valence-corrected chi connectivity index (χ0v) is 25.5. The number of para-hydroxylation sites is 1. The quantitative estimate of drug-likeness (QED) is 0.227. The number of halogens is 1. The van der Waals surface area contributed by atoms with Crippen LogP contribution in [0.15, 0.2) is 91.1 Å². The molecule has 0 unspecified atom stereocenters. The maximum atomic E-state index is 8.00. The number of piperidine rings is 1. The van der Waals surface area contributed by atoms with E-state index in [0.29, 0.717) is 5.92 Å². The molecular weight excluding hydrogens is 550 g/mol. The highest BCUT2D eigenvalue weighted by molar-refractivity contribution is 9.10. The van der Waals surface area contributed by atoms with Gasteiger partial charge in [-0.3, -0.25) is 0 Å². The first-order valence-corrected chi connectivity index (χ1v) is 13.8. The van der Waals surface area contributed by atoms with Gasteiger partial charge in [-0.05, 0) is 86.4 Å². The molecule has 0 amide bonds. The van der Waals surface area contributed by atoms with Crippen LogP contribution in [0.1, 0.15) is 29.7 Å². The first kappa shape index (κ1) is 33.6. The fourth-order valence-electron chi connectivity index (χ4n) is 4.09. The van der Waals surface area contributed by atoms with E-state index in [-0.39, 0.29) is 0 Å². The number of carbonyl (C=O) groups excluding carboxylic acids is 1. The Balaban J connectivity index is 0.000000585. The second-order valence-corrected chi connectivity index (χ2v) is 9.98. The molecule has 1 fully saturated rings. The van der Waals surface area contributed by atoms with Crippen LogP contribution in [-0.2, 0) is 4.79 Å². The first-order chi connectivity index (χ1) is 18.9. The van der Waals surface area contributed by atoms with Gasteiger partial charge in [0, 0.05) is 24.8 Å². The van der Waals surface area contributed by atoms with Crippen molar-refractivity contribution >= 4 is 39.8 Å². The summed E-state index contributed by atoms with van der Waals surface area (Å²) >= 11 is 3.58. The Hall–Kier alpha value is -3.42. The molecule has 39 heavy (non-hydrogen) atoms. The Morgan fingerprint density at radius 2 is 1.64 bits per heavy atom. The van der Waals surface area contributed by atoms with E-state index in [2.05, 4.69) is 108 Å². The third-order valence-electron chi connectivity index (χ3n) is 6.38. The number of nitrogens with zero attached hydrogens (tertiary/aromatic N) is 3. The van der Waals surface area contributed by atoms with Crippen LogP contribution < -0.4 is 10.6 Å². The minimum atomic E-state index is 0.678. The van der Waals surface area contributed by atoms with E-state index in [4.69, 9.17) is 4.79 Å². The molecule has 1 saturated heterocycles. The fraction of sp³-hybridized carbons (Fsp3) is 0.312. The maximum Gasteiger partial charge on any atom is 0.128 e. The lowest BCUT2D eigenvalue weighted by Crippen LogP contribution is -2.35. The molecule has 6 nitrogen and oxygen atoms in total. The van der Waals surface area contributed by atoms with Gasteiger partial charge in [-0.2, -0.15) is 5.10 Å². The Morgan fingerprint density at radius 3 is 2.15 bits per heavy atom. The van der Waals surface area contributed by atoms with Gasteiger partial charge in [-0.1, -0.05) is 60.7 Å². The summed E-state index contributed by atoms with van der Waals surface area (Å²) in [6, 6.07) is 18.5. The topological polar surface area (TPSA) is 62.2 Å². The van der Waals surface area contributed by atoms with E-state index in [0.717, 1.165) is 39.4 Å². The van der Waals surface area contributed by atoms with E-state index in [9.17, 15) is 0 Å². The van der Waals surface area contributed by atoms with Crippen LogP contribution in [0, 0.1) is 19.8 Å². The number of hydrogen-bond donors (Lipinski definition) is 2. The van der Waals surface area contributed by atoms with Crippen molar-refractivity contribution in [3.05, 3.63) is 108 Å². The molecular formula is C32H44BrN5O. The lowest BCUT2D eigenvalue weighted by molar-refractivity contribution is -0.0979. The molecule has 7 heteroatoms. The molecule has 3 aromatic rings. The Labute approximate surface area is 243 Å². The summed E-state index contributed by atoms with van der Waals surface area (Å²) in [5.74, 6) is 1.63. The molecule has 0 radical (unpaired) electrons. The average molecular weight is 595 g/mol. The van der Waals surface area contributed by atoms with Gasteiger partial charge in [-0.25, -0.2) is 4.68 Å². The van der Waals surface area contributed by atoms with Crippen LogP contribution in [0.5, 0.6) is 0 Å². The number of hydrogen-bond acceptors (Lipinski definition) is 5. The van der Waals surface area contributed by atoms with Crippen molar-refractivity contribution in [2.45, 2.75) is 26.7 Å². The molecule has 0 aliphatic carbocycles. The number of benzene rings is 2. The summed E-state index contributed by atoms with van der Waals surface area (Å²) in [6.45, 7) is 19.7. The van der Waals surface area contributed by atoms with E-state index in [1.165, 1.54) is 31.5 Å². The molecule has 1 aliphatic rings. The Bertz CT molecular complexity index is 1150. The average Bonchev–Trinajstić information content (AvgIpc) is 3.32. The van der Waals surface area contributed by atoms with Gasteiger partial charge in [0.05, 0.1) is 16.4 Å². The number of aromatic nitrogens is 2. The van der Waals surface area contributed by atoms with Crippen molar-refractivity contribution in [3.63, 3.8) is 0 Å². The molecule has 4 rings (SSSR count). The number of nitrogens with one attached hydrogen (secondary N) is 2. The number of likely N-dealkylation sites (tertiary alicyclic amines) is 1. The molecule has 0 atom stereocenters. The standard InChI is InChI=1S/C22H30BrN5.C7H8.C2H4.CH2O/c1-16(19-7-5-6-8-21(19)24-3)13-22(28-17(2)20(23)15-26-28)25-14-18-9-11-27(4)12-10-18;1-7-5-3-2-4-6-7;2*1-2/h5-8,13,15,18,24-25H,1,9-12,14H2,2-4H3;2-6H,1H3;1-2H2;1H2/b22-13-;;;. The highest BCUT2D eigenvalue weighted by Crippen LogP contribution is 2.26. The largest absolute Gasteiger partial charge is 0.388 e. The number of rotatable bonds is 7. The van der Waals surface area contributed by atoms with Gasteiger partial charge in [0.1, 0.15) is 12.6 Å². The van der Waals surface area contributed by atoms with E-state index in [1.807, 2.05) is 55.0 Å². The second kappa shape index (κ2) is 18.8. The summed E-state index contributed by atoms with van der Waals surface area (Å²) in [7, 11) is 4.13. The summed E-state index contributed by atoms with van der Waals surface area (Å²) in [6.07, 6.45) is 6.38. The Kier molecular flexibility index (Phi) is 16.2. The number of allylic oxidation sites excluding steroid dienone is 2. The van der Waals surface area contributed by atoms with Crippen LogP contribution in [0.3, 0.4) is 0 Å². The highest BCUT2D eigenvalue weighted by Gasteiger charge is 2.18. The fourth-order valence-corrected chi connectivity index (χ4v) is 4.35. The summed E-state index contributed by atoms with van der Waals surface area (Å²) in [4.78, 5) is 10.4. The molecule has 2 N–H and O–H groups in total. The predicted molar refractivity (Wildman–Crippen MR) is 172 cm³/mol. The molecule has 2 aromatic carbocycles. The van der Waals surface area contributed by atoms with Crippen molar-refractivity contribution in [2.24, 2.45) is 5.92 Å². The summed E-state index contributed by atoms with van der Waals surface area (Å²) < 4.78 is 2.95. The molecule has 210 valence electrons. The van der Waals surface area contributed by atoms with Gasteiger partial charge in [0.25, 0.3) is 0 Å². The molecule has 2 heterocycles. The van der Waals surface area contributed by atoms with Crippen LogP contribution >= 0.6 is 15.9 Å². The summed E-state index contributed by atoms with van der Waals surface area (Å²) in [5, 5.41) is 11.5. The van der Waals surface area contributed by atoms with Gasteiger partial charge in [0.15, 0.2) is 0 Å². The van der Waals surface area contributed by atoms with Crippen LogP contribution in [0.2, 0.25) is 0 Å². The van der Waals surface area contributed by atoms with E-state index < -0.39 is 0 Å². The minimum Gasteiger partial charge on any atom is -0.388 e. The van der Waals surface area contributed by atoms with Gasteiger partial charge in [0.2, 0.25) is 0 Å². The molecule has 0 spiro atoms. The SMILES string of the molecule is C=C.C=C(/C=C(/NCC1CCN(C)CC1)n1ncc(Br)c1C)c1ccccc1NC.C=O.Cc1ccccc1. The van der Waals surface area contributed by atoms with Crippen LogP contribution in [0.25, 0.3) is 11.4 Å². The lowest BCUT2D eigenvalue weighted by Gasteiger charge is -2.29. The predicted octanol–water partition coefficient (Wildman–Crippen LogP) is 7.05. The molecule has 1 aromatic heterocycles. The van der Waals surface area contributed by atoms with Gasteiger partial charge < -0.3 is 20.3 Å². The van der Waals surface area contributed by atoms with Gasteiger partial charge >= 0.3 is 0 Å². The second-order valence-electron chi connectivity index (χ2n) is 9.12. The van der Waals surface area contributed by atoms with Crippen molar-refractivity contribution in [3.8, 4) is 0 Å². The molecule has 1 aliphatic heterocycles.